The van der Waals surface area contributed by atoms with Gasteiger partial charge >= 0.3 is 0 Å². The number of para-hydroxylation sites is 1. The highest BCUT2D eigenvalue weighted by Gasteiger charge is 2.23. The van der Waals surface area contributed by atoms with Gasteiger partial charge in [0.25, 0.3) is 5.91 Å². The van der Waals surface area contributed by atoms with Crippen LogP contribution < -0.4 is 15.5 Å². The number of amides is 2. The number of hydrogen-bond acceptors (Lipinski definition) is 5. The van der Waals surface area contributed by atoms with Crippen molar-refractivity contribution in [1.29, 1.82) is 0 Å². The molecule has 0 aromatic heterocycles. The molecule has 1 aliphatic rings. The summed E-state index contributed by atoms with van der Waals surface area (Å²) in [4.78, 5) is 23.7. The molecule has 2 amide bonds. The maximum atomic E-state index is 12.2. The molecule has 0 atom stereocenters. The Bertz CT molecular complexity index is 846. The van der Waals surface area contributed by atoms with Crippen LogP contribution in [-0.2, 0) is 11.2 Å². The molecule has 7 nitrogen and oxygen atoms in total. The van der Waals surface area contributed by atoms with Crippen molar-refractivity contribution in [3.63, 3.8) is 0 Å². The van der Waals surface area contributed by atoms with Crippen molar-refractivity contribution in [2.24, 2.45) is 5.10 Å². The predicted molar refractivity (Wildman–Crippen MR) is 88.5 cm³/mol. The highest BCUT2D eigenvalue weighted by atomic mass is 16.5. The van der Waals surface area contributed by atoms with Crippen LogP contribution in [-0.4, -0.2) is 30.2 Å². The zero-order valence-corrected chi connectivity index (χ0v) is 12.9. The van der Waals surface area contributed by atoms with Gasteiger partial charge in [-0.25, -0.2) is 5.43 Å². The summed E-state index contributed by atoms with van der Waals surface area (Å²) >= 11 is 0. The second kappa shape index (κ2) is 6.41. The molecule has 3 rings (SSSR count). The van der Waals surface area contributed by atoms with E-state index in [1.807, 2.05) is 0 Å². The van der Waals surface area contributed by atoms with Crippen LogP contribution in [0, 0.1) is 0 Å². The number of anilines is 1. The van der Waals surface area contributed by atoms with E-state index in [9.17, 15) is 14.7 Å². The van der Waals surface area contributed by atoms with Gasteiger partial charge < -0.3 is 15.2 Å². The van der Waals surface area contributed by atoms with Crippen molar-refractivity contribution in [1.82, 2.24) is 5.43 Å². The lowest BCUT2D eigenvalue weighted by molar-refractivity contribution is -0.115. The molecule has 0 aliphatic carbocycles. The van der Waals surface area contributed by atoms with Crippen molar-refractivity contribution in [3.05, 3.63) is 53.1 Å². The lowest BCUT2D eigenvalue weighted by Gasteiger charge is -2.06. The summed E-state index contributed by atoms with van der Waals surface area (Å²) in [6.07, 6.45) is 1.58. The number of rotatable bonds is 4. The number of hydrogen-bond donors (Lipinski definition) is 3. The van der Waals surface area contributed by atoms with Gasteiger partial charge in [0, 0.05) is 5.56 Å². The molecule has 7 heteroatoms. The molecule has 1 heterocycles. The first-order valence-corrected chi connectivity index (χ1v) is 7.20. The fourth-order valence-corrected chi connectivity index (χ4v) is 2.42. The number of aromatic hydroxyl groups is 1. The number of fused-ring (bicyclic) bond motifs is 1. The number of ether oxygens (including phenoxy) is 1. The Balaban J connectivity index is 1.75. The highest BCUT2D eigenvalue weighted by Crippen LogP contribution is 2.27. The number of carbonyl (C=O) groups excluding carboxylic acids is 2. The third kappa shape index (κ3) is 3.05. The first-order valence-electron chi connectivity index (χ1n) is 7.20. The molecule has 0 unspecified atom stereocenters. The summed E-state index contributed by atoms with van der Waals surface area (Å²) in [6, 6.07) is 9.79. The Morgan fingerprint density at radius 2 is 2.21 bits per heavy atom. The molecule has 0 fully saturated rings. The number of phenols is 1. The van der Waals surface area contributed by atoms with Gasteiger partial charge in [0.2, 0.25) is 5.91 Å². The van der Waals surface area contributed by atoms with E-state index in [4.69, 9.17) is 4.74 Å². The number of phenolic OH excluding ortho intramolecular Hbond substituents is 1. The summed E-state index contributed by atoms with van der Waals surface area (Å²) in [5.74, 6) is -0.0198. The monoisotopic (exact) mass is 325 g/mol. The quantitative estimate of drug-likeness (QED) is 0.588. The van der Waals surface area contributed by atoms with Crippen LogP contribution in [0.1, 0.15) is 21.5 Å². The molecule has 1 aliphatic heterocycles. The molecule has 0 spiro atoms. The van der Waals surface area contributed by atoms with E-state index in [0.717, 1.165) is 5.56 Å². The minimum Gasteiger partial charge on any atom is -0.507 e. The molecule has 0 saturated carbocycles. The van der Waals surface area contributed by atoms with E-state index in [2.05, 4.69) is 15.8 Å². The van der Waals surface area contributed by atoms with E-state index in [0.29, 0.717) is 22.6 Å². The Hall–Kier alpha value is -3.35. The zero-order valence-electron chi connectivity index (χ0n) is 12.9. The fourth-order valence-electron chi connectivity index (χ4n) is 2.42. The largest absolute Gasteiger partial charge is 0.507 e. The van der Waals surface area contributed by atoms with Crippen LogP contribution in [0.15, 0.2) is 41.5 Å². The van der Waals surface area contributed by atoms with E-state index in [1.54, 1.807) is 30.3 Å². The highest BCUT2D eigenvalue weighted by molar-refractivity contribution is 6.08. The first kappa shape index (κ1) is 15.5. The Morgan fingerprint density at radius 1 is 1.38 bits per heavy atom. The van der Waals surface area contributed by atoms with Crippen LogP contribution in [0.25, 0.3) is 0 Å². The van der Waals surface area contributed by atoms with Crippen LogP contribution >= 0.6 is 0 Å². The standard InChI is InChI=1S/C17H15N3O4/c1-24-12-5-6-14(21)11(7-12)9-18-20-17(23)13-4-2-3-10-8-15(22)19-16(10)13/h2-7,9,21H,8H2,1H3,(H,19,22)(H,20,23). The van der Waals surface area contributed by atoms with Gasteiger partial charge in [-0.1, -0.05) is 12.1 Å². The summed E-state index contributed by atoms with van der Waals surface area (Å²) < 4.78 is 5.07. The molecule has 2 aromatic carbocycles. The topological polar surface area (TPSA) is 100 Å². The lowest BCUT2D eigenvalue weighted by atomic mass is 10.1. The Labute approximate surface area is 138 Å². The lowest BCUT2D eigenvalue weighted by Crippen LogP contribution is -2.19. The number of methoxy groups -OCH3 is 1. The van der Waals surface area contributed by atoms with E-state index >= 15 is 0 Å². The Kier molecular flexibility index (Phi) is 4.15. The van der Waals surface area contributed by atoms with Crippen molar-refractivity contribution in [3.8, 4) is 11.5 Å². The van der Waals surface area contributed by atoms with Gasteiger partial charge in [0.15, 0.2) is 0 Å². The van der Waals surface area contributed by atoms with Crippen LogP contribution in [0.3, 0.4) is 0 Å². The van der Waals surface area contributed by atoms with Crippen molar-refractivity contribution in [2.75, 3.05) is 12.4 Å². The molecular formula is C17H15N3O4. The minimum absolute atomic E-state index is 0.0154. The minimum atomic E-state index is -0.451. The SMILES string of the molecule is COc1ccc(O)c(C=NNC(=O)c2cccc3c2NC(=O)C3)c1. The van der Waals surface area contributed by atoms with Gasteiger partial charge in [-0.2, -0.15) is 5.10 Å². The van der Waals surface area contributed by atoms with Crippen LogP contribution in [0.5, 0.6) is 11.5 Å². The molecule has 0 bridgehead atoms. The molecular weight excluding hydrogens is 310 g/mol. The molecule has 3 N–H and O–H groups in total. The van der Waals surface area contributed by atoms with E-state index < -0.39 is 5.91 Å². The summed E-state index contributed by atoms with van der Waals surface area (Å²) in [7, 11) is 1.51. The summed E-state index contributed by atoms with van der Waals surface area (Å²) in [6.45, 7) is 0. The van der Waals surface area contributed by atoms with Crippen molar-refractivity contribution >= 4 is 23.7 Å². The third-order valence-corrected chi connectivity index (χ3v) is 3.62. The molecule has 0 radical (unpaired) electrons. The van der Waals surface area contributed by atoms with E-state index in [-0.39, 0.29) is 18.1 Å². The normalized spacial score (nSPS) is 12.8. The van der Waals surface area contributed by atoms with Gasteiger partial charge in [0.1, 0.15) is 11.5 Å². The Morgan fingerprint density at radius 3 is 3.00 bits per heavy atom. The predicted octanol–water partition coefficient (Wildman–Crippen LogP) is 1.66. The van der Waals surface area contributed by atoms with Crippen molar-refractivity contribution < 1.29 is 19.4 Å². The number of nitrogens with one attached hydrogen (secondary N) is 2. The number of carbonyl (C=O) groups is 2. The molecule has 2 aromatic rings. The van der Waals surface area contributed by atoms with Crippen molar-refractivity contribution in [2.45, 2.75) is 6.42 Å². The maximum absolute atomic E-state index is 12.2. The zero-order chi connectivity index (χ0) is 17.1. The number of hydrazone groups is 1. The molecule has 0 saturated heterocycles. The van der Waals surface area contributed by atoms with Gasteiger partial charge in [-0.05, 0) is 29.8 Å². The number of benzene rings is 2. The second-order valence-corrected chi connectivity index (χ2v) is 5.19. The maximum Gasteiger partial charge on any atom is 0.273 e. The summed E-state index contributed by atoms with van der Waals surface area (Å²) in [5, 5.41) is 16.3. The fraction of sp³-hybridized carbons (Fsp3) is 0.118. The van der Waals surface area contributed by atoms with Crippen LogP contribution in [0.2, 0.25) is 0 Å². The number of nitrogens with zero attached hydrogens (tertiary/aromatic N) is 1. The van der Waals surface area contributed by atoms with E-state index in [1.165, 1.54) is 19.4 Å². The molecule has 122 valence electrons. The first-order chi connectivity index (χ1) is 11.6. The van der Waals surface area contributed by atoms with Gasteiger partial charge in [-0.15, -0.1) is 0 Å². The van der Waals surface area contributed by atoms with Gasteiger partial charge in [0.05, 0.1) is 31.0 Å². The average molecular weight is 325 g/mol. The smallest absolute Gasteiger partial charge is 0.273 e. The molecule has 24 heavy (non-hydrogen) atoms. The summed E-state index contributed by atoms with van der Waals surface area (Å²) in [5.41, 5.74) is 4.42. The second-order valence-electron chi connectivity index (χ2n) is 5.19. The average Bonchev–Trinajstić information content (AvgIpc) is 2.96. The van der Waals surface area contributed by atoms with Crippen LogP contribution in [0.4, 0.5) is 5.69 Å². The third-order valence-electron chi connectivity index (χ3n) is 3.62. The van der Waals surface area contributed by atoms with Gasteiger partial charge in [-0.3, -0.25) is 9.59 Å².